The summed E-state index contributed by atoms with van der Waals surface area (Å²) in [6, 6.07) is 13.6. The molecule has 0 spiro atoms. The Bertz CT molecular complexity index is 1290. The van der Waals surface area contributed by atoms with Crippen molar-refractivity contribution in [2.75, 3.05) is 46.6 Å². The van der Waals surface area contributed by atoms with Crippen molar-refractivity contribution in [1.82, 2.24) is 19.6 Å². The van der Waals surface area contributed by atoms with Crippen molar-refractivity contribution in [1.29, 1.82) is 0 Å². The number of aryl methyl sites for hydroxylation is 2. The number of methoxy groups -OCH3 is 1. The molecule has 9 heteroatoms. The molecule has 1 saturated heterocycles. The molecular formula is C31H41ClN4O4. The summed E-state index contributed by atoms with van der Waals surface area (Å²) in [5.41, 5.74) is 4.48. The fraction of sp³-hybridized carbons (Fsp3) is 0.484. The number of halogens is 1. The molecule has 0 N–H and O–H groups in total. The van der Waals surface area contributed by atoms with Crippen LogP contribution in [0.25, 0.3) is 0 Å². The molecule has 0 bridgehead atoms. The van der Waals surface area contributed by atoms with Crippen molar-refractivity contribution in [3.63, 3.8) is 0 Å². The maximum Gasteiger partial charge on any atom is 0.272 e. The SMILES string of the molecule is COc1ccc(CN(Cc2ccc(OCCCN3CCOCC3)c(Cl)c2)C(=O)c2cc(C(C)C)nn2C)c(C)c1. The molecule has 1 fully saturated rings. The summed E-state index contributed by atoms with van der Waals surface area (Å²) in [5, 5.41) is 5.11. The molecule has 1 aliphatic rings. The number of benzene rings is 2. The lowest BCUT2D eigenvalue weighted by molar-refractivity contribution is 0.0358. The first-order valence-corrected chi connectivity index (χ1v) is 14.3. The molecule has 0 radical (unpaired) electrons. The van der Waals surface area contributed by atoms with Gasteiger partial charge in [0.25, 0.3) is 5.91 Å². The number of hydrogen-bond donors (Lipinski definition) is 0. The molecule has 1 aliphatic heterocycles. The number of hydrogen-bond acceptors (Lipinski definition) is 6. The van der Waals surface area contributed by atoms with E-state index in [1.165, 1.54) is 0 Å². The topological polar surface area (TPSA) is 69.1 Å². The van der Waals surface area contributed by atoms with Gasteiger partial charge in [-0.2, -0.15) is 5.10 Å². The molecule has 1 aromatic heterocycles. The Morgan fingerprint density at radius 2 is 1.90 bits per heavy atom. The Kier molecular flexibility index (Phi) is 10.5. The third-order valence-corrected chi connectivity index (χ3v) is 7.55. The van der Waals surface area contributed by atoms with Gasteiger partial charge in [0.1, 0.15) is 17.2 Å². The van der Waals surface area contributed by atoms with E-state index < -0.39 is 0 Å². The van der Waals surface area contributed by atoms with Crippen LogP contribution >= 0.6 is 11.6 Å². The summed E-state index contributed by atoms with van der Waals surface area (Å²) < 4.78 is 18.4. The second-order valence-corrected chi connectivity index (χ2v) is 11.0. The van der Waals surface area contributed by atoms with Crippen LogP contribution < -0.4 is 9.47 Å². The van der Waals surface area contributed by atoms with Crippen LogP contribution in [0, 0.1) is 6.92 Å². The average Bonchev–Trinajstić information content (AvgIpc) is 3.34. The van der Waals surface area contributed by atoms with E-state index in [2.05, 4.69) is 23.8 Å². The summed E-state index contributed by atoms with van der Waals surface area (Å²) in [7, 11) is 3.47. The minimum absolute atomic E-state index is 0.0864. The third-order valence-electron chi connectivity index (χ3n) is 7.26. The molecule has 0 aliphatic carbocycles. The van der Waals surface area contributed by atoms with Crippen molar-refractivity contribution in [2.45, 2.75) is 46.2 Å². The van der Waals surface area contributed by atoms with Gasteiger partial charge >= 0.3 is 0 Å². The van der Waals surface area contributed by atoms with Gasteiger partial charge in [-0.1, -0.05) is 37.6 Å². The maximum atomic E-state index is 13.9. The standard InChI is InChI=1S/C31H41ClN4O4/c1-22(2)28-19-29(34(4)33-28)31(37)36(21-25-8-9-26(38-5)17-23(25)3)20-24-7-10-30(27(32)18-24)40-14-6-11-35-12-15-39-16-13-35/h7-10,17-19,22H,6,11-16,20-21H2,1-5H3. The van der Waals surface area contributed by atoms with E-state index in [9.17, 15) is 4.79 Å². The van der Waals surface area contributed by atoms with Gasteiger partial charge < -0.3 is 19.1 Å². The van der Waals surface area contributed by atoms with E-state index in [4.69, 9.17) is 25.8 Å². The Labute approximate surface area is 242 Å². The first-order chi connectivity index (χ1) is 19.2. The Morgan fingerprint density at radius 3 is 2.55 bits per heavy atom. The molecule has 3 aromatic rings. The van der Waals surface area contributed by atoms with Gasteiger partial charge in [-0.15, -0.1) is 0 Å². The van der Waals surface area contributed by atoms with Crippen molar-refractivity contribution in [3.05, 3.63) is 75.6 Å². The van der Waals surface area contributed by atoms with E-state index in [0.29, 0.717) is 36.2 Å². The lowest BCUT2D eigenvalue weighted by atomic mass is 10.1. The van der Waals surface area contributed by atoms with Crippen LogP contribution in [-0.4, -0.2) is 72.1 Å². The smallest absolute Gasteiger partial charge is 0.272 e. The van der Waals surface area contributed by atoms with E-state index in [1.54, 1.807) is 11.8 Å². The van der Waals surface area contributed by atoms with Gasteiger partial charge in [-0.25, -0.2) is 0 Å². The lowest BCUT2D eigenvalue weighted by Crippen LogP contribution is -2.37. The zero-order valence-electron chi connectivity index (χ0n) is 24.3. The van der Waals surface area contributed by atoms with Crippen LogP contribution in [0.3, 0.4) is 0 Å². The Balaban J connectivity index is 1.48. The molecule has 0 saturated carbocycles. The molecule has 40 heavy (non-hydrogen) atoms. The van der Waals surface area contributed by atoms with Gasteiger partial charge in [0, 0.05) is 39.8 Å². The number of aromatic nitrogens is 2. The highest BCUT2D eigenvalue weighted by Gasteiger charge is 2.23. The van der Waals surface area contributed by atoms with Crippen LogP contribution in [0.4, 0.5) is 0 Å². The van der Waals surface area contributed by atoms with Gasteiger partial charge in [-0.3, -0.25) is 14.4 Å². The second kappa shape index (κ2) is 14.0. The third kappa shape index (κ3) is 7.77. The molecule has 2 heterocycles. The number of carbonyl (C=O) groups excluding carboxylic acids is 1. The fourth-order valence-corrected chi connectivity index (χ4v) is 5.04. The second-order valence-electron chi connectivity index (χ2n) is 10.6. The predicted molar refractivity (Wildman–Crippen MR) is 157 cm³/mol. The van der Waals surface area contributed by atoms with E-state index in [1.807, 2.05) is 61.3 Å². The van der Waals surface area contributed by atoms with E-state index in [0.717, 1.165) is 67.4 Å². The highest BCUT2D eigenvalue weighted by Crippen LogP contribution is 2.28. The van der Waals surface area contributed by atoms with Crippen molar-refractivity contribution in [3.8, 4) is 11.5 Å². The number of carbonyl (C=O) groups is 1. The quantitative estimate of drug-likeness (QED) is 0.270. The number of rotatable bonds is 12. The average molecular weight is 569 g/mol. The first kappa shape index (κ1) is 29.9. The monoisotopic (exact) mass is 568 g/mol. The fourth-order valence-electron chi connectivity index (χ4n) is 4.79. The van der Waals surface area contributed by atoms with Crippen LogP contribution in [0.1, 0.15) is 59.1 Å². The summed E-state index contributed by atoms with van der Waals surface area (Å²) >= 11 is 6.64. The minimum atomic E-state index is -0.0864. The Hall–Kier alpha value is -3.07. The van der Waals surface area contributed by atoms with Crippen LogP contribution in [-0.2, 0) is 24.9 Å². The van der Waals surface area contributed by atoms with Crippen molar-refractivity contribution < 1.29 is 19.0 Å². The highest BCUT2D eigenvalue weighted by atomic mass is 35.5. The molecular weight excluding hydrogens is 528 g/mol. The number of nitrogens with zero attached hydrogens (tertiary/aromatic N) is 4. The summed E-state index contributed by atoms with van der Waals surface area (Å²) in [5.74, 6) is 1.59. The highest BCUT2D eigenvalue weighted by molar-refractivity contribution is 6.32. The predicted octanol–water partition coefficient (Wildman–Crippen LogP) is 5.46. The molecule has 0 atom stereocenters. The lowest BCUT2D eigenvalue weighted by Gasteiger charge is -2.26. The Morgan fingerprint density at radius 1 is 1.12 bits per heavy atom. The number of morpholine rings is 1. The zero-order valence-corrected chi connectivity index (χ0v) is 25.0. The number of ether oxygens (including phenoxy) is 3. The molecule has 216 valence electrons. The van der Waals surface area contributed by atoms with Crippen LogP contribution in [0.15, 0.2) is 42.5 Å². The van der Waals surface area contributed by atoms with E-state index in [-0.39, 0.29) is 11.8 Å². The van der Waals surface area contributed by atoms with Gasteiger partial charge in [0.2, 0.25) is 0 Å². The molecule has 2 aromatic carbocycles. The van der Waals surface area contributed by atoms with E-state index >= 15 is 0 Å². The molecule has 1 amide bonds. The van der Waals surface area contributed by atoms with Crippen LogP contribution in [0.5, 0.6) is 11.5 Å². The molecule has 0 unspecified atom stereocenters. The summed E-state index contributed by atoms with van der Waals surface area (Å²) in [6.07, 6.45) is 0.921. The minimum Gasteiger partial charge on any atom is -0.497 e. The maximum absolute atomic E-state index is 13.9. The molecule has 4 rings (SSSR count). The zero-order chi connectivity index (χ0) is 28.6. The largest absolute Gasteiger partial charge is 0.497 e. The first-order valence-electron chi connectivity index (χ1n) is 13.9. The van der Waals surface area contributed by atoms with Gasteiger partial charge in [-0.05, 0) is 66.3 Å². The van der Waals surface area contributed by atoms with Crippen LogP contribution in [0.2, 0.25) is 5.02 Å². The molecule has 8 nitrogen and oxygen atoms in total. The van der Waals surface area contributed by atoms with Gasteiger partial charge in [0.05, 0.1) is 37.6 Å². The normalized spacial score (nSPS) is 14.0. The van der Waals surface area contributed by atoms with Crippen molar-refractivity contribution >= 4 is 17.5 Å². The summed E-state index contributed by atoms with van der Waals surface area (Å²) in [4.78, 5) is 18.1. The summed E-state index contributed by atoms with van der Waals surface area (Å²) in [6.45, 7) is 12.1. The van der Waals surface area contributed by atoms with Gasteiger partial charge in [0.15, 0.2) is 0 Å². The number of amides is 1. The van der Waals surface area contributed by atoms with Crippen molar-refractivity contribution in [2.24, 2.45) is 7.05 Å².